The van der Waals surface area contributed by atoms with Gasteiger partial charge in [-0.1, -0.05) is 53.8 Å². The highest BCUT2D eigenvalue weighted by Crippen LogP contribution is 2.25. The summed E-state index contributed by atoms with van der Waals surface area (Å²) in [5.41, 5.74) is 1.30. The van der Waals surface area contributed by atoms with E-state index >= 15 is 0 Å². The van der Waals surface area contributed by atoms with Crippen LogP contribution in [0.2, 0.25) is 0 Å². The second-order valence-corrected chi connectivity index (χ2v) is 6.72. The van der Waals surface area contributed by atoms with Crippen molar-refractivity contribution in [2.24, 2.45) is 0 Å². The number of nitrogens with zero attached hydrogens (tertiary/aromatic N) is 1. The third-order valence-electron chi connectivity index (χ3n) is 3.77. The topological polar surface area (TPSA) is 81.4 Å². The Balaban J connectivity index is 1.46. The van der Waals surface area contributed by atoms with Crippen molar-refractivity contribution in [1.29, 1.82) is 0 Å². The fraction of sp³-hybridized carbons (Fsp3) is 0.0500. The van der Waals surface area contributed by atoms with Gasteiger partial charge in [-0.05, 0) is 17.7 Å². The Morgan fingerprint density at radius 1 is 1.11 bits per heavy atom. The van der Waals surface area contributed by atoms with Gasteiger partial charge in [0, 0.05) is 6.07 Å². The van der Waals surface area contributed by atoms with Crippen LogP contribution in [0.1, 0.15) is 16.1 Å². The molecule has 4 rings (SSSR count). The molecule has 0 atom stereocenters. The second-order valence-electron chi connectivity index (χ2n) is 5.69. The first-order valence-corrected chi connectivity index (χ1v) is 8.97. The summed E-state index contributed by atoms with van der Waals surface area (Å²) in [5.74, 6) is -0.595. The van der Waals surface area contributed by atoms with Crippen molar-refractivity contribution < 1.29 is 13.9 Å². The summed E-state index contributed by atoms with van der Waals surface area (Å²) in [4.78, 5) is 28.8. The standard InChI is InChI=1S/C20H14N2O4S/c23-15-10-16(26-12-17(15)25-11-13-6-2-1-3-7-13)19(24)22-20-21-14-8-4-5-9-18(14)27-20/h1-10,12H,11H2,(H,21,22,24). The maximum atomic E-state index is 12.3. The van der Waals surface area contributed by atoms with Gasteiger partial charge in [-0.15, -0.1) is 0 Å². The van der Waals surface area contributed by atoms with Crippen molar-refractivity contribution in [3.63, 3.8) is 0 Å². The molecule has 0 unspecified atom stereocenters. The van der Waals surface area contributed by atoms with Gasteiger partial charge in [0.25, 0.3) is 5.91 Å². The predicted molar refractivity (Wildman–Crippen MR) is 103 cm³/mol. The van der Waals surface area contributed by atoms with Crippen LogP contribution >= 0.6 is 11.3 Å². The van der Waals surface area contributed by atoms with Crippen molar-refractivity contribution >= 4 is 32.6 Å². The monoisotopic (exact) mass is 378 g/mol. The van der Waals surface area contributed by atoms with E-state index in [1.165, 1.54) is 11.3 Å². The third-order valence-corrected chi connectivity index (χ3v) is 4.73. The Kier molecular flexibility index (Phi) is 4.67. The van der Waals surface area contributed by atoms with Gasteiger partial charge in [0.1, 0.15) is 12.9 Å². The van der Waals surface area contributed by atoms with E-state index in [2.05, 4.69) is 10.3 Å². The number of carbonyl (C=O) groups is 1. The summed E-state index contributed by atoms with van der Waals surface area (Å²) in [5, 5.41) is 3.09. The quantitative estimate of drug-likeness (QED) is 0.566. The highest BCUT2D eigenvalue weighted by molar-refractivity contribution is 7.22. The number of aromatic nitrogens is 1. The molecule has 0 aliphatic rings. The van der Waals surface area contributed by atoms with Gasteiger partial charge < -0.3 is 9.15 Å². The van der Waals surface area contributed by atoms with Crippen molar-refractivity contribution in [3.05, 3.63) is 88.5 Å². The lowest BCUT2D eigenvalue weighted by atomic mass is 10.2. The van der Waals surface area contributed by atoms with E-state index in [9.17, 15) is 9.59 Å². The van der Waals surface area contributed by atoms with Gasteiger partial charge >= 0.3 is 0 Å². The molecule has 2 heterocycles. The maximum absolute atomic E-state index is 12.3. The van der Waals surface area contributed by atoms with Gasteiger partial charge in [0.15, 0.2) is 10.9 Å². The number of amides is 1. The second kappa shape index (κ2) is 7.43. The third kappa shape index (κ3) is 3.88. The summed E-state index contributed by atoms with van der Waals surface area (Å²) < 4.78 is 11.7. The molecule has 1 N–H and O–H groups in total. The van der Waals surface area contributed by atoms with Crippen molar-refractivity contribution in [1.82, 2.24) is 4.98 Å². The minimum absolute atomic E-state index is 0.0513. The normalized spacial score (nSPS) is 10.7. The van der Waals surface area contributed by atoms with E-state index in [1.807, 2.05) is 54.6 Å². The van der Waals surface area contributed by atoms with Crippen molar-refractivity contribution in [3.8, 4) is 5.75 Å². The maximum Gasteiger partial charge on any atom is 0.293 e. The van der Waals surface area contributed by atoms with Crippen LogP contribution in [0.25, 0.3) is 10.2 Å². The molecule has 0 bridgehead atoms. The van der Waals surface area contributed by atoms with Crippen molar-refractivity contribution in [2.75, 3.05) is 5.32 Å². The molecule has 6 nitrogen and oxygen atoms in total. The minimum Gasteiger partial charge on any atom is -0.482 e. The van der Waals surface area contributed by atoms with Crippen LogP contribution in [0.5, 0.6) is 5.75 Å². The van der Waals surface area contributed by atoms with Crippen LogP contribution in [0.3, 0.4) is 0 Å². The van der Waals surface area contributed by atoms with Crippen LogP contribution in [0, 0.1) is 0 Å². The van der Waals surface area contributed by atoms with Crippen LogP contribution in [-0.4, -0.2) is 10.9 Å². The zero-order chi connectivity index (χ0) is 18.6. The SMILES string of the molecule is O=C(Nc1nc2ccccc2s1)c1cc(=O)c(OCc2ccccc2)co1. The Morgan fingerprint density at radius 2 is 1.89 bits per heavy atom. The van der Waals surface area contributed by atoms with E-state index < -0.39 is 11.3 Å². The summed E-state index contributed by atoms with van der Waals surface area (Å²) in [6.07, 6.45) is 1.15. The number of hydrogen-bond donors (Lipinski definition) is 1. The lowest BCUT2D eigenvalue weighted by Gasteiger charge is -2.06. The molecule has 2 aromatic carbocycles. The number of thiazole rings is 1. The Bertz CT molecular complexity index is 1120. The largest absolute Gasteiger partial charge is 0.482 e. The molecule has 0 aliphatic heterocycles. The number of para-hydroxylation sites is 1. The van der Waals surface area contributed by atoms with Gasteiger partial charge in [-0.2, -0.15) is 0 Å². The van der Waals surface area contributed by atoms with Gasteiger partial charge in [0.2, 0.25) is 11.2 Å². The first-order valence-electron chi connectivity index (χ1n) is 8.15. The molecular weight excluding hydrogens is 364 g/mol. The van der Waals surface area contributed by atoms with Crippen LogP contribution in [-0.2, 0) is 6.61 Å². The molecule has 134 valence electrons. The van der Waals surface area contributed by atoms with E-state index in [1.54, 1.807) is 0 Å². The molecule has 0 spiro atoms. The van der Waals surface area contributed by atoms with E-state index in [4.69, 9.17) is 9.15 Å². The fourth-order valence-electron chi connectivity index (χ4n) is 2.44. The van der Waals surface area contributed by atoms with Gasteiger partial charge in [-0.3, -0.25) is 14.9 Å². The molecule has 2 aromatic heterocycles. The van der Waals surface area contributed by atoms with E-state index in [0.29, 0.717) is 5.13 Å². The Hall–Kier alpha value is -3.45. The molecule has 7 heteroatoms. The first kappa shape index (κ1) is 17.0. The number of anilines is 1. The number of fused-ring (bicyclic) bond motifs is 1. The minimum atomic E-state index is -0.541. The fourth-order valence-corrected chi connectivity index (χ4v) is 3.30. The van der Waals surface area contributed by atoms with E-state index in [0.717, 1.165) is 28.1 Å². The van der Waals surface area contributed by atoms with E-state index in [-0.39, 0.29) is 18.1 Å². The summed E-state index contributed by atoms with van der Waals surface area (Å²) in [6, 6.07) is 18.1. The zero-order valence-corrected chi connectivity index (χ0v) is 14.9. The highest BCUT2D eigenvalue weighted by atomic mass is 32.1. The summed E-state index contributed by atoms with van der Waals surface area (Å²) in [7, 11) is 0. The number of rotatable bonds is 5. The molecule has 1 amide bonds. The molecule has 27 heavy (non-hydrogen) atoms. The van der Waals surface area contributed by atoms with Crippen LogP contribution < -0.4 is 15.5 Å². The lowest BCUT2D eigenvalue weighted by Crippen LogP contribution is -2.15. The lowest BCUT2D eigenvalue weighted by molar-refractivity contribution is 0.0993. The van der Waals surface area contributed by atoms with Gasteiger partial charge in [-0.25, -0.2) is 4.98 Å². The summed E-state index contributed by atoms with van der Waals surface area (Å²) >= 11 is 1.35. The molecule has 0 radical (unpaired) electrons. The Labute approximate surface area is 158 Å². The smallest absolute Gasteiger partial charge is 0.293 e. The van der Waals surface area contributed by atoms with Crippen LogP contribution in [0.15, 0.2) is 76.1 Å². The summed E-state index contributed by atoms with van der Waals surface area (Å²) in [6.45, 7) is 0.239. The zero-order valence-electron chi connectivity index (χ0n) is 14.0. The Morgan fingerprint density at radius 3 is 2.67 bits per heavy atom. The number of nitrogens with one attached hydrogen (secondary N) is 1. The first-order chi connectivity index (χ1) is 13.2. The van der Waals surface area contributed by atoms with Crippen LogP contribution in [0.4, 0.5) is 5.13 Å². The molecule has 0 saturated carbocycles. The highest BCUT2D eigenvalue weighted by Gasteiger charge is 2.14. The van der Waals surface area contributed by atoms with Crippen molar-refractivity contribution in [2.45, 2.75) is 6.61 Å². The number of ether oxygens (including phenoxy) is 1. The molecule has 0 aliphatic carbocycles. The molecule has 0 saturated heterocycles. The number of hydrogen-bond acceptors (Lipinski definition) is 6. The van der Waals surface area contributed by atoms with Gasteiger partial charge in [0.05, 0.1) is 10.2 Å². The predicted octanol–water partition coefficient (Wildman–Crippen LogP) is 4.08. The average molecular weight is 378 g/mol. The molecule has 0 fully saturated rings. The molecule has 4 aromatic rings. The number of benzene rings is 2. The molecular formula is C20H14N2O4S. The average Bonchev–Trinajstić information content (AvgIpc) is 3.10. The number of carbonyl (C=O) groups excluding carboxylic acids is 1.